The van der Waals surface area contributed by atoms with Gasteiger partial charge in [-0.25, -0.2) is 4.98 Å². The molecule has 0 saturated heterocycles. The van der Waals surface area contributed by atoms with Crippen LogP contribution in [-0.2, 0) is 13.0 Å². The molecule has 0 bridgehead atoms. The fourth-order valence-electron chi connectivity index (χ4n) is 1.84. The molecule has 0 unspecified atom stereocenters. The SMILES string of the molecule is CCCc1nc(C)sc1-c1n[nH]c(=S)n1CC. The van der Waals surface area contributed by atoms with Crippen LogP contribution in [0.2, 0.25) is 0 Å². The predicted molar refractivity (Wildman–Crippen MR) is 72.9 cm³/mol. The van der Waals surface area contributed by atoms with Crippen LogP contribution < -0.4 is 0 Å². The monoisotopic (exact) mass is 268 g/mol. The third-order valence-corrected chi connectivity index (χ3v) is 3.89. The van der Waals surface area contributed by atoms with Crippen LogP contribution in [0.15, 0.2) is 0 Å². The fraction of sp³-hybridized carbons (Fsp3) is 0.545. The summed E-state index contributed by atoms with van der Waals surface area (Å²) in [7, 11) is 0. The van der Waals surface area contributed by atoms with Crippen molar-refractivity contribution in [1.82, 2.24) is 19.7 Å². The molecule has 2 heterocycles. The Morgan fingerprint density at radius 3 is 2.82 bits per heavy atom. The fourth-order valence-corrected chi connectivity index (χ4v) is 3.06. The third-order valence-electron chi connectivity index (χ3n) is 2.57. The first kappa shape index (κ1) is 12.4. The van der Waals surface area contributed by atoms with Crippen molar-refractivity contribution < 1.29 is 0 Å². The molecule has 92 valence electrons. The Hall–Kier alpha value is -1.01. The summed E-state index contributed by atoms with van der Waals surface area (Å²) in [5, 5.41) is 8.27. The molecule has 0 aliphatic heterocycles. The van der Waals surface area contributed by atoms with E-state index in [-0.39, 0.29) is 0 Å². The van der Waals surface area contributed by atoms with Gasteiger partial charge in [0.05, 0.1) is 15.6 Å². The van der Waals surface area contributed by atoms with Crippen LogP contribution in [0, 0.1) is 11.7 Å². The van der Waals surface area contributed by atoms with Crippen molar-refractivity contribution in [1.29, 1.82) is 0 Å². The van der Waals surface area contributed by atoms with Gasteiger partial charge in [-0.05, 0) is 32.5 Å². The Morgan fingerprint density at radius 2 is 2.18 bits per heavy atom. The number of aromatic amines is 1. The molecule has 0 spiro atoms. The van der Waals surface area contributed by atoms with Gasteiger partial charge in [-0.2, -0.15) is 5.10 Å². The summed E-state index contributed by atoms with van der Waals surface area (Å²) in [4.78, 5) is 5.73. The van der Waals surface area contributed by atoms with Crippen molar-refractivity contribution in [2.45, 2.75) is 40.2 Å². The Kier molecular flexibility index (Phi) is 3.73. The molecule has 0 fully saturated rings. The topological polar surface area (TPSA) is 46.5 Å². The maximum Gasteiger partial charge on any atom is 0.195 e. The van der Waals surface area contributed by atoms with Crippen LogP contribution >= 0.6 is 23.6 Å². The van der Waals surface area contributed by atoms with Gasteiger partial charge in [0, 0.05) is 6.54 Å². The van der Waals surface area contributed by atoms with Crippen LogP contribution in [0.1, 0.15) is 31.0 Å². The van der Waals surface area contributed by atoms with Crippen LogP contribution in [0.4, 0.5) is 0 Å². The molecule has 0 radical (unpaired) electrons. The van der Waals surface area contributed by atoms with E-state index < -0.39 is 0 Å². The van der Waals surface area contributed by atoms with E-state index in [0.29, 0.717) is 4.77 Å². The molecule has 6 heteroatoms. The number of rotatable bonds is 4. The molecule has 0 aromatic carbocycles. The average molecular weight is 268 g/mol. The molecule has 0 atom stereocenters. The van der Waals surface area contributed by atoms with Gasteiger partial charge in [-0.15, -0.1) is 11.3 Å². The maximum absolute atomic E-state index is 5.22. The van der Waals surface area contributed by atoms with Gasteiger partial charge >= 0.3 is 0 Å². The minimum atomic E-state index is 0.677. The zero-order valence-electron chi connectivity index (χ0n) is 10.3. The van der Waals surface area contributed by atoms with Crippen LogP contribution in [0.3, 0.4) is 0 Å². The molecule has 0 aliphatic carbocycles. The zero-order chi connectivity index (χ0) is 12.4. The Bertz CT molecular complexity index is 564. The minimum absolute atomic E-state index is 0.677. The molecule has 2 aromatic heterocycles. The summed E-state index contributed by atoms with van der Waals surface area (Å²) >= 11 is 6.91. The molecule has 0 aliphatic rings. The number of hydrogen-bond donors (Lipinski definition) is 1. The summed E-state index contributed by atoms with van der Waals surface area (Å²) in [6.07, 6.45) is 2.08. The maximum atomic E-state index is 5.22. The standard InChI is InChI=1S/C11H16N4S2/c1-4-6-8-9(17-7(3)12-8)10-13-14-11(16)15(10)5-2/h4-6H2,1-3H3,(H,14,16). The van der Waals surface area contributed by atoms with Crippen molar-refractivity contribution in [2.24, 2.45) is 0 Å². The smallest absolute Gasteiger partial charge is 0.195 e. The molecular weight excluding hydrogens is 252 g/mol. The first-order chi connectivity index (χ1) is 8.17. The number of H-pyrrole nitrogens is 1. The molecule has 1 N–H and O–H groups in total. The highest BCUT2D eigenvalue weighted by Gasteiger charge is 2.16. The van der Waals surface area contributed by atoms with Crippen molar-refractivity contribution in [2.75, 3.05) is 0 Å². The molecule has 0 saturated carbocycles. The summed E-state index contributed by atoms with van der Waals surface area (Å²) in [5.41, 5.74) is 1.14. The number of aromatic nitrogens is 4. The second kappa shape index (κ2) is 5.10. The second-order valence-electron chi connectivity index (χ2n) is 3.86. The molecule has 0 amide bonds. The van der Waals surface area contributed by atoms with E-state index in [0.717, 1.165) is 40.8 Å². The van der Waals surface area contributed by atoms with E-state index in [1.807, 2.05) is 11.5 Å². The van der Waals surface area contributed by atoms with E-state index in [4.69, 9.17) is 12.2 Å². The summed E-state index contributed by atoms with van der Waals surface area (Å²) in [5.74, 6) is 0.923. The van der Waals surface area contributed by atoms with Gasteiger partial charge in [0.1, 0.15) is 0 Å². The first-order valence-corrected chi connectivity index (χ1v) is 7.01. The Labute approximate surface area is 110 Å². The number of nitrogens with one attached hydrogen (secondary N) is 1. The number of thiazole rings is 1. The lowest BCUT2D eigenvalue weighted by atomic mass is 10.2. The van der Waals surface area contributed by atoms with Crippen LogP contribution in [-0.4, -0.2) is 19.7 Å². The van der Waals surface area contributed by atoms with E-state index in [9.17, 15) is 0 Å². The first-order valence-electron chi connectivity index (χ1n) is 5.79. The Balaban J connectivity index is 2.55. The molecular formula is C11H16N4S2. The van der Waals surface area contributed by atoms with Crippen molar-refractivity contribution in [3.63, 3.8) is 0 Å². The Morgan fingerprint density at radius 1 is 1.41 bits per heavy atom. The minimum Gasteiger partial charge on any atom is -0.300 e. The highest BCUT2D eigenvalue weighted by molar-refractivity contribution is 7.71. The normalized spacial score (nSPS) is 11.0. The van der Waals surface area contributed by atoms with Gasteiger partial charge < -0.3 is 0 Å². The van der Waals surface area contributed by atoms with E-state index in [2.05, 4.69) is 29.0 Å². The quantitative estimate of drug-likeness (QED) is 0.865. The summed E-state index contributed by atoms with van der Waals surface area (Å²) in [6, 6.07) is 0. The highest BCUT2D eigenvalue weighted by atomic mass is 32.1. The summed E-state index contributed by atoms with van der Waals surface area (Å²) < 4.78 is 2.69. The second-order valence-corrected chi connectivity index (χ2v) is 5.45. The lowest BCUT2D eigenvalue weighted by Crippen LogP contribution is -1.98. The molecule has 4 nitrogen and oxygen atoms in total. The largest absolute Gasteiger partial charge is 0.300 e. The van der Waals surface area contributed by atoms with Crippen LogP contribution in [0.25, 0.3) is 10.7 Å². The van der Waals surface area contributed by atoms with E-state index in [1.54, 1.807) is 11.3 Å². The third kappa shape index (κ3) is 2.32. The van der Waals surface area contributed by atoms with Gasteiger partial charge in [-0.3, -0.25) is 9.67 Å². The van der Waals surface area contributed by atoms with Crippen molar-refractivity contribution in [3.05, 3.63) is 15.5 Å². The predicted octanol–water partition coefficient (Wildman–Crippen LogP) is 3.35. The van der Waals surface area contributed by atoms with Gasteiger partial charge in [0.25, 0.3) is 0 Å². The van der Waals surface area contributed by atoms with Gasteiger partial charge in [0.2, 0.25) is 0 Å². The molecule has 2 aromatic rings. The number of nitrogens with zero attached hydrogens (tertiary/aromatic N) is 3. The van der Waals surface area contributed by atoms with E-state index >= 15 is 0 Å². The average Bonchev–Trinajstić information content (AvgIpc) is 2.82. The highest BCUT2D eigenvalue weighted by Crippen LogP contribution is 2.29. The van der Waals surface area contributed by atoms with Crippen LogP contribution in [0.5, 0.6) is 0 Å². The number of hydrogen-bond acceptors (Lipinski definition) is 4. The molecule has 2 rings (SSSR count). The van der Waals surface area contributed by atoms with Gasteiger partial charge in [-0.1, -0.05) is 13.3 Å². The number of aryl methyl sites for hydroxylation is 2. The van der Waals surface area contributed by atoms with Crippen molar-refractivity contribution >= 4 is 23.6 Å². The summed E-state index contributed by atoms with van der Waals surface area (Å²) in [6.45, 7) is 7.09. The molecule has 17 heavy (non-hydrogen) atoms. The van der Waals surface area contributed by atoms with Crippen molar-refractivity contribution in [3.8, 4) is 10.7 Å². The lowest BCUT2D eigenvalue weighted by Gasteiger charge is -2.02. The van der Waals surface area contributed by atoms with E-state index in [1.165, 1.54) is 0 Å². The van der Waals surface area contributed by atoms with Gasteiger partial charge in [0.15, 0.2) is 10.6 Å². The zero-order valence-corrected chi connectivity index (χ0v) is 11.9. The lowest BCUT2D eigenvalue weighted by molar-refractivity contribution is 0.755.